The number of carboxylic acids is 1. The molecular formula is C13H16BrNO4. The van der Waals surface area contributed by atoms with Gasteiger partial charge in [0.1, 0.15) is 5.75 Å². The minimum Gasteiger partial charge on any atom is -0.508 e. The minimum atomic E-state index is -0.834. The van der Waals surface area contributed by atoms with Crippen LogP contribution in [0.25, 0.3) is 0 Å². The van der Waals surface area contributed by atoms with Gasteiger partial charge in [-0.3, -0.25) is 9.69 Å². The van der Waals surface area contributed by atoms with Crippen LogP contribution in [0.5, 0.6) is 5.75 Å². The molecule has 0 amide bonds. The molecule has 2 rings (SSSR count). The maximum atomic E-state index is 10.8. The molecule has 1 aromatic carbocycles. The molecule has 1 aliphatic heterocycles. The Balaban J connectivity index is 2.10. The average Bonchev–Trinajstić information content (AvgIpc) is 2.35. The van der Waals surface area contributed by atoms with Crippen LogP contribution in [-0.2, 0) is 16.1 Å². The van der Waals surface area contributed by atoms with Crippen LogP contribution in [0.3, 0.4) is 0 Å². The van der Waals surface area contributed by atoms with E-state index in [0.29, 0.717) is 26.3 Å². The number of morpholine rings is 1. The molecule has 2 N–H and O–H groups in total. The number of carbonyl (C=O) groups is 1. The molecule has 1 unspecified atom stereocenters. The number of aromatic hydroxyl groups is 1. The van der Waals surface area contributed by atoms with Crippen LogP contribution >= 0.6 is 15.9 Å². The molecular weight excluding hydrogens is 314 g/mol. The molecule has 0 radical (unpaired) electrons. The summed E-state index contributed by atoms with van der Waals surface area (Å²) in [6, 6.07) is 5.10. The highest BCUT2D eigenvalue weighted by atomic mass is 79.9. The number of benzene rings is 1. The molecule has 6 heteroatoms. The lowest BCUT2D eigenvalue weighted by atomic mass is 10.1. The monoisotopic (exact) mass is 329 g/mol. The molecule has 1 aliphatic rings. The summed E-state index contributed by atoms with van der Waals surface area (Å²) in [6.45, 7) is 2.20. The van der Waals surface area contributed by atoms with Crippen LogP contribution in [0.1, 0.15) is 12.0 Å². The van der Waals surface area contributed by atoms with Crippen LogP contribution in [0, 0.1) is 0 Å². The number of aliphatic carboxylic acids is 1. The van der Waals surface area contributed by atoms with Crippen LogP contribution in [-0.4, -0.2) is 46.9 Å². The summed E-state index contributed by atoms with van der Waals surface area (Å²) < 4.78 is 6.22. The van der Waals surface area contributed by atoms with E-state index in [2.05, 4.69) is 15.9 Å². The van der Waals surface area contributed by atoms with E-state index in [9.17, 15) is 9.90 Å². The average molecular weight is 330 g/mol. The number of halogens is 1. The van der Waals surface area contributed by atoms with Crippen molar-refractivity contribution in [2.45, 2.75) is 19.0 Å². The Kier molecular flexibility index (Phi) is 4.79. The van der Waals surface area contributed by atoms with Crippen molar-refractivity contribution < 1.29 is 19.7 Å². The normalized spacial score (nSPS) is 20.4. The second-order valence-electron chi connectivity index (χ2n) is 4.57. The van der Waals surface area contributed by atoms with E-state index < -0.39 is 5.97 Å². The van der Waals surface area contributed by atoms with Crippen LogP contribution < -0.4 is 0 Å². The summed E-state index contributed by atoms with van der Waals surface area (Å²) in [5.41, 5.74) is 0.784. The Morgan fingerprint density at radius 1 is 1.53 bits per heavy atom. The highest BCUT2D eigenvalue weighted by molar-refractivity contribution is 9.10. The van der Waals surface area contributed by atoms with Gasteiger partial charge >= 0.3 is 5.97 Å². The topological polar surface area (TPSA) is 70.0 Å². The number of carboxylic acid groups (broad SMARTS) is 1. The third-order valence-corrected chi connectivity index (χ3v) is 3.67. The lowest BCUT2D eigenvalue weighted by Gasteiger charge is -2.34. The van der Waals surface area contributed by atoms with Crippen molar-refractivity contribution in [1.29, 1.82) is 0 Å². The number of ether oxygens (including phenoxy) is 1. The zero-order valence-corrected chi connectivity index (χ0v) is 12.0. The van der Waals surface area contributed by atoms with Crippen molar-refractivity contribution in [3.05, 3.63) is 28.2 Å². The Morgan fingerprint density at radius 2 is 2.32 bits per heavy atom. The number of phenolic OH excluding ortho intramolecular Hbond substituents is 1. The summed E-state index contributed by atoms with van der Waals surface area (Å²) in [5, 5.41) is 18.7. The van der Waals surface area contributed by atoms with E-state index in [1.54, 1.807) is 12.1 Å². The summed E-state index contributed by atoms with van der Waals surface area (Å²) in [7, 11) is 0. The van der Waals surface area contributed by atoms with Gasteiger partial charge in [0.15, 0.2) is 0 Å². The molecule has 0 saturated carbocycles. The Hall–Kier alpha value is -1.11. The lowest BCUT2D eigenvalue weighted by molar-refractivity contribution is -0.140. The summed E-state index contributed by atoms with van der Waals surface area (Å²) in [4.78, 5) is 12.9. The van der Waals surface area contributed by atoms with Crippen LogP contribution in [0.15, 0.2) is 22.7 Å². The second-order valence-corrected chi connectivity index (χ2v) is 5.49. The number of rotatable bonds is 4. The fourth-order valence-corrected chi connectivity index (χ4v) is 2.59. The number of nitrogens with zero attached hydrogens (tertiary/aromatic N) is 1. The zero-order chi connectivity index (χ0) is 13.8. The smallest absolute Gasteiger partial charge is 0.305 e. The fraction of sp³-hybridized carbons (Fsp3) is 0.462. The third-order valence-electron chi connectivity index (χ3n) is 3.17. The van der Waals surface area contributed by atoms with Gasteiger partial charge in [-0.1, -0.05) is 15.9 Å². The zero-order valence-electron chi connectivity index (χ0n) is 10.4. The Morgan fingerprint density at radius 3 is 3.05 bits per heavy atom. The van der Waals surface area contributed by atoms with E-state index in [1.165, 1.54) is 0 Å². The van der Waals surface area contributed by atoms with Gasteiger partial charge in [0.2, 0.25) is 0 Å². The van der Waals surface area contributed by atoms with Gasteiger partial charge in [-0.2, -0.15) is 0 Å². The van der Waals surface area contributed by atoms with Gasteiger partial charge in [0.25, 0.3) is 0 Å². The van der Waals surface area contributed by atoms with Gasteiger partial charge < -0.3 is 14.9 Å². The summed E-state index contributed by atoms with van der Waals surface area (Å²) in [5.74, 6) is -0.609. The highest BCUT2D eigenvalue weighted by Gasteiger charge is 2.25. The second kappa shape index (κ2) is 6.36. The SMILES string of the molecule is O=C(O)CC1COCCN1Cc1cc(Br)ccc1O. The van der Waals surface area contributed by atoms with Gasteiger partial charge in [0.05, 0.1) is 19.6 Å². The molecule has 1 atom stereocenters. The molecule has 5 nitrogen and oxygen atoms in total. The molecule has 0 aliphatic carbocycles. The molecule has 1 heterocycles. The van der Waals surface area contributed by atoms with Crippen molar-refractivity contribution in [2.24, 2.45) is 0 Å². The predicted octanol–water partition coefficient (Wildman–Crippen LogP) is 1.83. The highest BCUT2D eigenvalue weighted by Crippen LogP contribution is 2.25. The summed E-state index contributed by atoms with van der Waals surface area (Å²) in [6.07, 6.45) is 0.0504. The molecule has 104 valence electrons. The van der Waals surface area contributed by atoms with Gasteiger partial charge in [0, 0.05) is 29.2 Å². The molecule has 0 bridgehead atoms. The van der Waals surface area contributed by atoms with Crippen LogP contribution in [0.4, 0.5) is 0 Å². The fourth-order valence-electron chi connectivity index (χ4n) is 2.19. The number of hydrogen-bond acceptors (Lipinski definition) is 4. The quantitative estimate of drug-likeness (QED) is 0.881. The molecule has 1 aromatic rings. The van der Waals surface area contributed by atoms with Crippen molar-refractivity contribution in [2.75, 3.05) is 19.8 Å². The van der Waals surface area contributed by atoms with E-state index >= 15 is 0 Å². The van der Waals surface area contributed by atoms with E-state index in [0.717, 1.165) is 10.0 Å². The van der Waals surface area contributed by atoms with E-state index in [1.807, 2.05) is 11.0 Å². The molecule has 0 spiro atoms. The van der Waals surface area contributed by atoms with Crippen molar-refractivity contribution in [3.63, 3.8) is 0 Å². The largest absolute Gasteiger partial charge is 0.508 e. The third kappa shape index (κ3) is 3.92. The number of hydrogen-bond donors (Lipinski definition) is 2. The first-order valence-electron chi connectivity index (χ1n) is 6.07. The maximum Gasteiger partial charge on any atom is 0.305 e. The minimum absolute atomic E-state index is 0.0504. The van der Waals surface area contributed by atoms with Gasteiger partial charge in [-0.15, -0.1) is 0 Å². The maximum absolute atomic E-state index is 10.8. The Bertz CT molecular complexity index is 466. The van der Waals surface area contributed by atoms with Crippen molar-refractivity contribution >= 4 is 21.9 Å². The van der Waals surface area contributed by atoms with Gasteiger partial charge in [-0.05, 0) is 18.2 Å². The van der Waals surface area contributed by atoms with E-state index in [4.69, 9.17) is 9.84 Å². The first-order chi connectivity index (χ1) is 9.06. The first kappa shape index (κ1) is 14.3. The van der Waals surface area contributed by atoms with Crippen LogP contribution in [0.2, 0.25) is 0 Å². The van der Waals surface area contributed by atoms with E-state index in [-0.39, 0.29) is 18.2 Å². The predicted molar refractivity (Wildman–Crippen MR) is 73.1 cm³/mol. The summed E-state index contributed by atoms with van der Waals surface area (Å²) >= 11 is 3.37. The molecule has 1 saturated heterocycles. The van der Waals surface area contributed by atoms with Gasteiger partial charge in [-0.25, -0.2) is 0 Å². The standard InChI is InChI=1S/C13H16BrNO4/c14-10-1-2-12(16)9(5-10)7-15-3-4-19-8-11(15)6-13(17)18/h1-2,5,11,16H,3-4,6-8H2,(H,17,18). The Labute approximate surface area is 119 Å². The van der Waals surface area contributed by atoms with Crippen molar-refractivity contribution in [3.8, 4) is 5.75 Å². The lowest BCUT2D eigenvalue weighted by Crippen LogP contribution is -2.45. The molecule has 0 aromatic heterocycles. The molecule has 19 heavy (non-hydrogen) atoms. The molecule has 1 fully saturated rings. The number of phenols is 1. The first-order valence-corrected chi connectivity index (χ1v) is 6.86. The van der Waals surface area contributed by atoms with Crippen molar-refractivity contribution in [1.82, 2.24) is 4.90 Å².